The van der Waals surface area contributed by atoms with Gasteiger partial charge in [-0.2, -0.15) is 0 Å². The first-order valence-corrected chi connectivity index (χ1v) is 12.7. The van der Waals surface area contributed by atoms with E-state index in [-0.39, 0.29) is 28.5 Å². The van der Waals surface area contributed by atoms with Crippen molar-refractivity contribution in [2.75, 3.05) is 56.7 Å². The van der Waals surface area contributed by atoms with Crippen molar-refractivity contribution in [3.63, 3.8) is 0 Å². The Bertz CT molecular complexity index is 1090. The van der Waals surface area contributed by atoms with Crippen LogP contribution >= 0.6 is 0 Å². The standard InChI is InChI=1S/C27H35F2N5O2/c1-25(28,29)22-17-21(18-30-23(22)33-13-15-36-16-14-33)34-19-26(31-24(34)35)9-11-27(12-10-26,32(2)3)20-7-5-4-6-8-20/h4-8,17-18H,9-16,19H2,1-3H3,(H,31,35)/t26-,27+. The molecule has 1 N–H and O–H groups in total. The van der Waals surface area contributed by atoms with Gasteiger partial charge in [0.25, 0.3) is 5.92 Å². The smallest absolute Gasteiger partial charge is 0.322 e. The third-order valence-corrected chi connectivity index (χ3v) is 8.23. The molecule has 1 aromatic carbocycles. The van der Waals surface area contributed by atoms with Crippen molar-refractivity contribution in [2.45, 2.75) is 49.6 Å². The summed E-state index contributed by atoms with van der Waals surface area (Å²) in [6, 6.07) is 11.7. The van der Waals surface area contributed by atoms with Crippen molar-refractivity contribution in [1.29, 1.82) is 0 Å². The molecule has 194 valence electrons. The highest BCUT2D eigenvalue weighted by molar-refractivity contribution is 5.95. The Hall–Kier alpha value is -2.78. The van der Waals surface area contributed by atoms with Gasteiger partial charge in [0.05, 0.1) is 42.7 Å². The summed E-state index contributed by atoms with van der Waals surface area (Å²) in [6.07, 6.45) is 4.95. The second kappa shape index (κ2) is 9.27. The van der Waals surface area contributed by atoms with E-state index in [4.69, 9.17) is 4.74 Å². The number of carbonyl (C=O) groups is 1. The SMILES string of the molecule is CN(C)[C@]1(c2ccccc2)CC[C@]2(CC1)CN(c1cnc(N3CCOCC3)c(C(C)(F)F)c1)C(=O)N2. The van der Waals surface area contributed by atoms with E-state index in [2.05, 4.69) is 53.6 Å². The van der Waals surface area contributed by atoms with Crippen LogP contribution < -0.4 is 15.1 Å². The molecule has 5 rings (SSSR count). The normalized spacial score (nSPS) is 27.1. The van der Waals surface area contributed by atoms with E-state index in [9.17, 15) is 13.6 Å². The summed E-state index contributed by atoms with van der Waals surface area (Å²) in [5.74, 6) is -2.82. The largest absolute Gasteiger partial charge is 0.378 e. The number of nitrogens with zero attached hydrogens (tertiary/aromatic N) is 4. The molecule has 2 aromatic rings. The molecule has 3 heterocycles. The van der Waals surface area contributed by atoms with Gasteiger partial charge < -0.3 is 15.0 Å². The summed E-state index contributed by atoms with van der Waals surface area (Å²) in [5.41, 5.74) is 1.05. The van der Waals surface area contributed by atoms with Gasteiger partial charge in [-0.25, -0.2) is 18.6 Å². The maximum atomic E-state index is 14.7. The Morgan fingerprint density at radius 2 is 1.75 bits per heavy atom. The Morgan fingerprint density at radius 1 is 1.08 bits per heavy atom. The van der Waals surface area contributed by atoms with Gasteiger partial charge in [0, 0.05) is 25.6 Å². The van der Waals surface area contributed by atoms with Crippen molar-refractivity contribution in [3.05, 3.63) is 53.7 Å². The van der Waals surface area contributed by atoms with Gasteiger partial charge in [0.15, 0.2) is 0 Å². The van der Waals surface area contributed by atoms with Gasteiger partial charge in [-0.05, 0) is 51.4 Å². The van der Waals surface area contributed by atoms with Crippen LogP contribution in [0.2, 0.25) is 0 Å². The summed E-state index contributed by atoms with van der Waals surface area (Å²) in [7, 11) is 4.22. The van der Waals surface area contributed by atoms with E-state index in [1.165, 1.54) is 11.6 Å². The van der Waals surface area contributed by atoms with Crippen molar-refractivity contribution in [3.8, 4) is 0 Å². The minimum Gasteiger partial charge on any atom is -0.378 e. The highest BCUT2D eigenvalue weighted by Gasteiger charge is 2.50. The molecule has 0 unspecified atom stereocenters. The second-order valence-corrected chi connectivity index (χ2v) is 10.6. The predicted octanol–water partition coefficient (Wildman–Crippen LogP) is 4.33. The predicted molar refractivity (Wildman–Crippen MR) is 136 cm³/mol. The molecular formula is C27H35F2N5O2. The highest BCUT2D eigenvalue weighted by Crippen LogP contribution is 2.46. The second-order valence-electron chi connectivity index (χ2n) is 10.6. The third-order valence-electron chi connectivity index (χ3n) is 8.23. The van der Waals surface area contributed by atoms with Crippen LogP contribution in [0, 0.1) is 0 Å². The number of hydrogen-bond acceptors (Lipinski definition) is 5. The van der Waals surface area contributed by atoms with Crippen molar-refractivity contribution >= 4 is 17.5 Å². The lowest BCUT2D eigenvalue weighted by atomic mass is 9.69. The number of anilines is 2. The third kappa shape index (κ3) is 4.43. The Kier molecular flexibility index (Phi) is 6.41. The number of hydrogen-bond donors (Lipinski definition) is 1. The molecule has 36 heavy (non-hydrogen) atoms. The summed E-state index contributed by atoms with van der Waals surface area (Å²) in [4.78, 5) is 23.2. The minimum atomic E-state index is -3.09. The molecule has 0 atom stereocenters. The highest BCUT2D eigenvalue weighted by atomic mass is 19.3. The van der Waals surface area contributed by atoms with Crippen molar-refractivity contribution in [2.24, 2.45) is 0 Å². The topological polar surface area (TPSA) is 60.9 Å². The fourth-order valence-electron chi connectivity index (χ4n) is 6.03. The lowest BCUT2D eigenvalue weighted by molar-refractivity contribution is 0.0173. The Balaban J connectivity index is 1.38. The molecule has 1 aliphatic carbocycles. The number of carbonyl (C=O) groups excluding carboxylic acids is 1. The van der Waals surface area contributed by atoms with Crippen LogP contribution in [0.25, 0.3) is 0 Å². The monoisotopic (exact) mass is 499 g/mol. The zero-order valence-electron chi connectivity index (χ0n) is 21.3. The van der Waals surface area contributed by atoms with Gasteiger partial charge in [0.2, 0.25) is 0 Å². The van der Waals surface area contributed by atoms with E-state index in [0.717, 1.165) is 32.6 Å². The number of rotatable bonds is 5. The fraction of sp³-hybridized carbons (Fsp3) is 0.556. The van der Waals surface area contributed by atoms with Gasteiger partial charge in [-0.15, -0.1) is 0 Å². The minimum absolute atomic E-state index is 0.0938. The number of morpholine rings is 1. The van der Waals surface area contributed by atoms with Gasteiger partial charge >= 0.3 is 6.03 Å². The quantitative estimate of drug-likeness (QED) is 0.664. The molecule has 2 saturated heterocycles. The van der Waals surface area contributed by atoms with Crippen LogP contribution in [-0.4, -0.2) is 68.4 Å². The lowest BCUT2D eigenvalue weighted by Crippen LogP contribution is -2.54. The number of benzene rings is 1. The number of nitrogens with one attached hydrogen (secondary N) is 1. The number of halogens is 2. The molecule has 3 fully saturated rings. The molecule has 7 nitrogen and oxygen atoms in total. The zero-order chi connectivity index (χ0) is 25.6. The number of urea groups is 1. The van der Waals surface area contributed by atoms with Crippen molar-refractivity contribution in [1.82, 2.24) is 15.2 Å². The lowest BCUT2D eigenvalue weighted by Gasteiger charge is -2.48. The number of amides is 2. The van der Waals surface area contributed by atoms with E-state index in [1.54, 1.807) is 11.1 Å². The fourth-order valence-corrected chi connectivity index (χ4v) is 6.03. The average molecular weight is 500 g/mol. The maximum Gasteiger partial charge on any atom is 0.322 e. The van der Waals surface area contributed by atoms with Crippen molar-refractivity contribution < 1.29 is 18.3 Å². The maximum absolute atomic E-state index is 14.7. The zero-order valence-corrected chi connectivity index (χ0v) is 21.3. The molecule has 0 bridgehead atoms. The first kappa shape index (κ1) is 24.9. The molecule has 1 spiro atoms. The Morgan fingerprint density at radius 3 is 2.36 bits per heavy atom. The summed E-state index contributed by atoms with van der Waals surface area (Å²) in [6.45, 7) is 3.31. The van der Waals surface area contributed by atoms with Gasteiger partial charge in [-0.3, -0.25) is 9.80 Å². The molecule has 1 saturated carbocycles. The van der Waals surface area contributed by atoms with Crippen LogP contribution in [0.1, 0.15) is 43.7 Å². The molecular weight excluding hydrogens is 464 g/mol. The van der Waals surface area contributed by atoms with E-state index >= 15 is 0 Å². The van der Waals surface area contributed by atoms with Gasteiger partial charge in [-0.1, -0.05) is 30.3 Å². The number of alkyl halides is 2. The molecule has 2 aliphatic heterocycles. The summed E-state index contributed by atoms with van der Waals surface area (Å²) >= 11 is 0. The number of ether oxygens (including phenoxy) is 1. The Labute approximate surface area is 211 Å². The van der Waals surface area contributed by atoms with E-state index < -0.39 is 5.92 Å². The summed E-state index contributed by atoms with van der Waals surface area (Å²) in [5, 5.41) is 3.21. The molecule has 0 radical (unpaired) electrons. The number of pyridine rings is 1. The summed E-state index contributed by atoms with van der Waals surface area (Å²) < 4.78 is 34.7. The molecule has 3 aliphatic rings. The van der Waals surface area contributed by atoms with Crippen LogP contribution in [-0.2, 0) is 16.2 Å². The first-order chi connectivity index (χ1) is 17.1. The van der Waals surface area contributed by atoms with Gasteiger partial charge in [0.1, 0.15) is 5.82 Å². The molecule has 9 heteroatoms. The van der Waals surface area contributed by atoms with Crippen LogP contribution in [0.5, 0.6) is 0 Å². The average Bonchev–Trinajstić information content (AvgIpc) is 3.20. The number of aromatic nitrogens is 1. The van der Waals surface area contributed by atoms with Crippen LogP contribution in [0.4, 0.5) is 25.1 Å². The first-order valence-electron chi connectivity index (χ1n) is 12.7. The van der Waals surface area contributed by atoms with Crippen LogP contribution in [0.3, 0.4) is 0 Å². The van der Waals surface area contributed by atoms with Crippen LogP contribution in [0.15, 0.2) is 42.6 Å². The van der Waals surface area contributed by atoms with E-state index in [0.29, 0.717) is 38.5 Å². The molecule has 2 amide bonds. The van der Waals surface area contributed by atoms with E-state index in [1.807, 2.05) is 11.0 Å². The molecule has 1 aromatic heterocycles.